The van der Waals surface area contributed by atoms with Gasteiger partial charge in [-0.25, -0.2) is 0 Å². The molecule has 0 amide bonds. The second kappa shape index (κ2) is 7.68. The van der Waals surface area contributed by atoms with E-state index in [1.807, 2.05) is 13.8 Å². The maximum atomic E-state index is 10.9. The minimum absolute atomic E-state index is 0.0598. The Morgan fingerprint density at radius 2 is 1.44 bits per heavy atom. The maximum Gasteiger partial charge on any atom is 0.0865 e. The molecule has 5 fully saturated rings. The molecule has 0 radical (unpaired) electrons. The molecule has 4 nitrogen and oxygen atoms in total. The van der Waals surface area contributed by atoms with Crippen molar-refractivity contribution >= 4 is 0 Å². The van der Waals surface area contributed by atoms with E-state index >= 15 is 0 Å². The number of rotatable bonds is 3. The van der Waals surface area contributed by atoms with Crippen LogP contribution in [0.15, 0.2) is 0 Å². The highest BCUT2D eigenvalue weighted by Gasteiger charge is 2.70. The standard InChI is InChI=1S/C30H52O4/c1-25(2,33)24-13-17-30(7,34-24)20-10-15-28(5)19(20)8-9-22-26(3)14-12-23(32)27(4,18-31)21(26)11-16-29(22,28)6/h19-24,31-33H,8-18H2,1-7H3/t19-,20+,21-,22-,23-,24+,26+,27+,28-,29-,30+/m1/s1. The van der Waals surface area contributed by atoms with Crippen LogP contribution in [0.4, 0.5) is 0 Å². The normalized spacial score (nSPS) is 57.7. The Morgan fingerprint density at radius 1 is 0.765 bits per heavy atom. The predicted molar refractivity (Wildman–Crippen MR) is 135 cm³/mol. The molecule has 1 heterocycles. The molecule has 4 saturated carbocycles. The minimum Gasteiger partial charge on any atom is -0.396 e. The average Bonchev–Trinajstić information content (AvgIpc) is 3.33. The number of hydrogen-bond acceptors (Lipinski definition) is 4. The second-order valence-electron chi connectivity index (χ2n) is 15.1. The first kappa shape index (κ1) is 25.5. The summed E-state index contributed by atoms with van der Waals surface area (Å²) in [7, 11) is 0. The summed E-state index contributed by atoms with van der Waals surface area (Å²) < 4.78 is 6.71. The zero-order valence-corrected chi connectivity index (χ0v) is 23.0. The molecule has 0 bridgehead atoms. The topological polar surface area (TPSA) is 69.9 Å². The highest BCUT2D eigenvalue weighted by atomic mass is 16.5. The SMILES string of the molecule is CC(C)(O)[C@@H]1CC[C@@](C)([C@H]2CC[C@]3(C)[C@@H]2CC[C@@H]2[C@@]4(C)CC[C@@H](O)[C@@](C)(CO)[C@@H]4CC[C@]23C)O1. The lowest BCUT2D eigenvalue weighted by atomic mass is 9.35. The molecular weight excluding hydrogens is 424 g/mol. The number of aliphatic hydroxyl groups is 3. The summed E-state index contributed by atoms with van der Waals surface area (Å²) in [4.78, 5) is 0. The van der Waals surface area contributed by atoms with E-state index in [9.17, 15) is 15.3 Å². The van der Waals surface area contributed by atoms with Crippen LogP contribution in [0.1, 0.15) is 113 Å². The van der Waals surface area contributed by atoms with E-state index in [1.54, 1.807) is 0 Å². The number of aliphatic hydroxyl groups excluding tert-OH is 2. The van der Waals surface area contributed by atoms with Gasteiger partial charge in [-0.15, -0.1) is 0 Å². The monoisotopic (exact) mass is 476 g/mol. The second-order valence-corrected chi connectivity index (χ2v) is 15.1. The predicted octanol–water partition coefficient (Wildman–Crippen LogP) is 5.71. The van der Waals surface area contributed by atoms with Gasteiger partial charge in [0.1, 0.15) is 0 Å². The van der Waals surface area contributed by atoms with E-state index in [4.69, 9.17) is 4.74 Å². The van der Waals surface area contributed by atoms with Crippen molar-refractivity contribution < 1.29 is 20.1 Å². The third-order valence-corrected chi connectivity index (χ3v) is 13.4. The van der Waals surface area contributed by atoms with Crippen LogP contribution in [0.25, 0.3) is 0 Å². The molecule has 0 aromatic heterocycles. The van der Waals surface area contributed by atoms with Crippen LogP contribution in [0.2, 0.25) is 0 Å². The Morgan fingerprint density at radius 3 is 2.06 bits per heavy atom. The van der Waals surface area contributed by atoms with E-state index < -0.39 is 5.60 Å². The maximum absolute atomic E-state index is 10.9. The summed E-state index contributed by atoms with van der Waals surface area (Å²) in [5.41, 5.74) is -0.487. The lowest BCUT2D eigenvalue weighted by molar-refractivity contribution is -0.235. The Bertz CT molecular complexity index is 806. The van der Waals surface area contributed by atoms with Crippen LogP contribution in [-0.2, 0) is 4.74 Å². The first-order valence-electron chi connectivity index (χ1n) is 14.3. The van der Waals surface area contributed by atoms with Gasteiger partial charge in [0.15, 0.2) is 0 Å². The molecule has 5 rings (SSSR count). The quantitative estimate of drug-likeness (QED) is 0.488. The fourth-order valence-electron chi connectivity index (χ4n) is 11.1. The number of hydrogen-bond donors (Lipinski definition) is 3. The van der Waals surface area contributed by atoms with Gasteiger partial charge in [0, 0.05) is 5.41 Å². The van der Waals surface area contributed by atoms with Crippen LogP contribution in [-0.4, -0.2) is 45.3 Å². The van der Waals surface area contributed by atoms with Gasteiger partial charge in [0.2, 0.25) is 0 Å². The third-order valence-electron chi connectivity index (χ3n) is 13.4. The third kappa shape index (κ3) is 3.16. The molecule has 0 unspecified atom stereocenters. The molecule has 0 aromatic rings. The molecule has 0 aromatic carbocycles. The lowest BCUT2D eigenvalue weighted by Crippen LogP contribution is -2.65. The number of fused-ring (bicyclic) bond motifs is 5. The molecule has 34 heavy (non-hydrogen) atoms. The summed E-state index contributed by atoms with van der Waals surface area (Å²) in [5.74, 6) is 2.30. The van der Waals surface area contributed by atoms with Gasteiger partial charge in [-0.3, -0.25) is 0 Å². The Labute approximate surface area is 208 Å². The van der Waals surface area contributed by atoms with Crippen molar-refractivity contribution in [1.82, 2.24) is 0 Å². The summed E-state index contributed by atoms with van der Waals surface area (Å²) in [6.07, 6.45) is 10.9. The zero-order valence-electron chi connectivity index (χ0n) is 23.0. The Kier molecular flexibility index (Phi) is 5.76. The van der Waals surface area contributed by atoms with Crippen molar-refractivity contribution in [3.8, 4) is 0 Å². The molecule has 1 saturated heterocycles. The first-order chi connectivity index (χ1) is 15.7. The summed E-state index contributed by atoms with van der Waals surface area (Å²) in [6, 6.07) is 0. The van der Waals surface area contributed by atoms with Crippen LogP contribution >= 0.6 is 0 Å². The largest absolute Gasteiger partial charge is 0.396 e. The van der Waals surface area contributed by atoms with Gasteiger partial charge in [0.25, 0.3) is 0 Å². The molecule has 4 aliphatic carbocycles. The van der Waals surface area contributed by atoms with Gasteiger partial charge in [0.05, 0.1) is 30.0 Å². The molecule has 196 valence electrons. The van der Waals surface area contributed by atoms with Gasteiger partial charge in [-0.05, 0) is 125 Å². The van der Waals surface area contributed by atoms with E-state index in [2.05, 4.69) is 34.6 Å². The Balaban J connectivity index is 1.44. The van der Waals surface area contributed by atoms with E-state index in [1.165, 1.54) is 32.1 Å². The summed E-state index contributed by atoms with van der Waals surface area (Å²) in [5, 5.41) is 32.0. The van der Waals surface area contributed by atoms with E-state index in [-0.39, 0.29) is 35.2 Å². The van der Waals surface area contributed by atoms with Gasteiger partial charge >= 0.3 is 0 Å². The molecule has 1 aliphatic heterocycles. The smallest absolute Gasteiger partial charge is 0.0865 e. The molecule has 3 N–H and O–H groups in total. The van der Waals surface area contributed by atoms with Gasteiger partial charge in [-0.2, -0.15) is 0 Å². The summed E-state index contributed by atoms with van der Waals surface area (Å²) >= 11 is 0. The fourth-order valence-corrected chi connectivity index (χ4v) is 11.1. The van der Waals surface area contributed by atoms with E-state index in [0.29, 0.717) is 34.5 Å². The van der Waals surface area contributed by atoms with Crippen LogP contribution in [0.5, 0.6) is 0 Å². The van der Waals surface area contributed by atoms with Crippen molar-refractivity contribution in [1.29, 1.82) is 0 Å². The molecule has 0 spiro atoms. The average molecular weight is 477 g/mol. The van der Waals surface area contributed by atoms with Crippen molar-refractivity contribution in [3.63, 3.8) is 0 Å². The van der Waals surface area contributed by atoms with Gasteiger partial charge < -0.3 is 20.1 Å². The zero-order chi connectivity index (χ0) is 24.9. The molecule has 4 heteroatoms. The van der Waals surface area contributed by atoms with Crippen molar-refractivity contribution in [3.05, 3.63) is 0 Å². The van der Waals surface area contributed by atoms with Crippen LogP contribution < -0.4 is 0 Å². The van der Waals surface area contributed by atoms with E-state index in [0.717, 1.165) is 32.1 Å². The lowest BCUT2D eigenvalue weighted by Gasteiger charge is -2.70. The van der Waals surface area contributed by atoms with Gasteiger partial charge in [-0.1, -0.05) is 27.7 Å². The molecule has 11 atom stereocenters. The highest BCUT2D eigenvalue weighted by molar-refractivity contribution is 5.19. The highest BCUT2D eigenvalue weighted by Crippen LogP contribution is 2.76. The Hall–Kier alpha value is -0.160. The number of ether oxygens (including phenoxy) is 1. The van der Waals surface area contributed by atoms with Crippen LogP contribution in [0.3, 0.4) is 0 Å². The van der Waals surface area contributed by atoms with Crippen LogP contribution in [0, 0.1) is 45.3 Å². The summed E-state index contributed by atoms with van der Waals surface area (Å²) in [6.45, 7) is 16.1. The molecule has 5 aliphatic rings. The first-order valence-corrected chi connectivity index (χ1v) is 14.3. The van der Waals surface area contributed by atoms with Crippen molar-refractivity contribution in [2.45, 2.75) is 136 Å². The molecular formula is C30H52O4. The van der Waals surface area contributed by atoms with Crippen molar-refractivity contribution in [2.24, 2.45) is 45.3 Å². The van der Waals surface area contributed by atoms with Crippen molar-refractivity contribution in [2.75, 3.05) is 6.61 Å². The minimum atomic E-state index is -0.777. The fraction of sp³-hybridized carbons (Fsp3) is 1.00.